The summed E-state index contributed by atoms with van der Waals surface area (Å²) in [5.41, 5.74) is 21.3. The first-order chi connectivity index (χ1) is 35.6. The van der Waals surface area contributed by atoms with Gasteiger partial charge in [0.2, 0.25) is 47.3 Å². The number of fused-ring (bicyclic) bond motifs is 3. The van der Waals surface area contributed by atoms with Crippen LogP contribution < -0.4 is 54.4 Å². The van der Waals surface area contributed by atoms with Gasteiger partial charge in [-0.15, -0.1) is 0 Å². The van der Waals surface area contributed by atoms with Gasteiger partial charge in [-0.1, -0.05) is 61.5 Å². The molecule has 0 saturated heterocycles. The van der Waals surface area contributed by atoms with Gasteiger partial charge in [0, 0.05) is 70.6 Å². The maximum Gasteiger partial charge on any atom is 0.243 e. The molecule has 8 amide bonds. The van der Waals surface area contributed by atoms with Gasteiger partial charge < -0.3 is 69.4 Å². The largest absolute Gasteiger partial charge is 0.368 e. The maximum absolute atomic E-state index is 14.9. The highest BCUT2D eigenvalue weighted by atomic mass is 32.2. The number of para-hydroxylation sites is 3. The van der Waals surface area contributed by atoms with Gasteiger partial charge in [-0.2, -0.15) is 11.8 Å². The van der Waals surface area contributed by atoms with E-state index < -0.39 is 89.6 Å². The molecule has 21 nitrogen and oxygen atoms in total. The molecule has 3 aromatic heterocycles. The van der Waals surface area contributed by atoms with Gasteiger partial charge in [0.1, 0.15) is 42.3 Å². The average molecular weight is 1030 g/mol. The lowest BCUT2D eigenvalue weighted by molar-refractivity contribution is -0.135. The van der Waals surface area contributed by atoms with E-state index in [-0.39, 0.29) is 51.6 Å². The van der Waals surface area contributed by atoms with Crippen molar-refractivity contribution in [3.8, 4) is 0 Å². The summed E-state index contributed by atoms with van der Waals surface area (Å²) >= 11 is 1.47. The summed E-state index contributed by atoms with van der Waals surface area (Å²) < 4.78 is 0. The Bertz CT molecular complexity index is 2930. The molecule has 74 heavy (non-hydrogen) atoms. The third-order valence-corrected chi connectivity index (χ3v) is 13.4. The minimum absolute atomic E-state index is 0.0210. The monoisotopic (exact) mass is 1030 g/mol. The second-order valence-electron chi connectivity index (χ2n) is 18.1. The first-order valence-corrected chi connectivity index (χ1v) is 26.0. The number of rotatable bonds is 28. The molecule has 3 heterocycles. The number of hydrogen-bond donors (Lipinski definition) is 13. The third-order valence-electron chi connectivity index (χ3n) is 12.8. The Hall–Kier alpha value is -7.69. The van der Waals surface area contributed by atoms with Crippen LogP contribution in [-0.4, -0.2) is 130 Å². The number of carbonyl (C=O) groups excluding carboxylic acids is 8. The topological polar surface area (TPSA) is 346 Å². The van der Waals surface area contributed by atoms with Gasteiger partial charge in [-0.3, -0.25) is 38.4 Å². The van der Waals surface area contributed by atoms with E-state index in [1.54, 1.807) is 25.5 Å². The number of hydrogen-bond acceptors (Lipinski definition) is 11. The third kappa shape index (κ3) is 14.7. The van der Waals surface area contributed by atoms with Crippen LogP contribution in [0.15, 0.2) is 91.4 Å². The molecular formula is C52H67N13O8S. The predicted molar refractivity (Wildman–Crippen MR) is 285 cm³/mol. The van der Waals surface area contributed by atoms with Gasteiger partial charge >= 0.3 is 0 Å². The highest BCUT2D eigenvalue weighted by molar-refractivity contribution is 7.98. The number of carbonyl (C=O) groups is 8. The van der Waals surface area contributed by atoms with Crippen LogP contribution in [0.5, 0.6) is 0 Å². The van der Waals surface area contributed by atoms with Crippen molar-refractivity contribution in [3.63, 3.8) is 0 Å². The molecule has 7 atom stereocenters. The number of nitrogens with one attached hydrogen (secondary N) is 10. The Balaban J connectivity index is 1.29. The Kier molecular flexibility index (Phi) is 20.2. The summed E-state index contributed by atoms with van der Waals surface area (Å²) in [6, 6.07) is 13.9. The van der Waals surface area contributed by atoms with Crippen molar-refractivity contribution in [1.29, 1.82) is 0 Å². The van der Waals surface area contributed by atoms with Crippen molar-refractivity contribution in [2.45, 2.75) is 101 Å². The summed E-state index contributed by atoms with van der Waals surface area (Å²) in [6.45, 7) is 3.02. The molecule has 22 heteroatoms. The molecule has 0 bridgehead atoms. The van der Waals surface area contributed by atoms with E-state index in [2.05, 4.69) is 52.2 Å². The fourth-order valence-corrected chi connectivity index (χ4v) is 9.14. The molecule has 6 rings (SSSR count). The second kappa shape index (κ2) is 26.8. The van der Waals surface area contributed by atoms with Gasteiger partial charge in [0.05, 0.1) is 6.54 Å². The van der Waals surface area contributed by atoms with E-state index in [9.17, 15) is 38.4 Å². The smallest absolute Gasteiger partial charge is 0.243 e. The Morgan fingerprint density at radius 2 is 0.905 bits per heavy atom. The SMILES string of the molecule is CC[C@H](NC(=O)[C@H](C)NC(=O)[C@H](CCSC)NC(=O)CN)C(=O)N[C@@H](Cc1c[nH]c2ccccc12)C(=O)N[C@H](Cc1c[nH]c2ccccc12)C(=O)N[C@H](Cc1c[nH]c2ccccc12)C(=O)N[C@@H](CCCN)C(N)=O. The molecule has 0 fully saturated rings. The molecule has 0 aliphatic carbocycles. The van der Waals surface area contributed by atoms with Crippen molar-refractivity contribution in [1.82, 2.24) is 52.2 Å². The van der Waals surface area contributed by atoms with Crippen molar-refractivity contribution in [2.75, 3.05) is 25.1 Å². The van der Waals surface area contributed by atoms with E-state index in [0.717, 1.165) is 32.7 Å². The highest BCUT2D eigenvalue weighted by Crippen LogP contribution is 2.23. The molecule has 394 valence electrons. The summed E-state index contributed by atoms with van der Waals surface area (Å²) in [5, 5.41) is 21.5. The molecule has 0 aliphatic rings. The Morgan fingerprint density at radius 1 is 0.514 bits per heavy atom. The van der Waals surface area contributed by atoms with Crippen LogP contribution >= 0.6 is 11.8 Å². The van der Waals surface area contributed by atoms with Gasteiger partial charge in [-0.05, 0) is 86.0 Å². The van der Waals surface area contributed by atoms with E-state index in [1.807, 2.05) is 79.1 Å². The fourth-order valence-electron chi connectivity index (χ4n) is 8.67. The number of aromatic nitrogens is 3. The van der Waals surface area contributed by atoms with Crippen molar-refractivity contribution in [2.24, 2.45) is 17.2 Å². The molecule has 3 aromatic carbocycles. The lowest BCUT2D eigenvalue weighted by Crippen LogP contribution is -2.60. The first kappa shape index (κ1) is 55.6. The highest BCUT2D eigenvalue weighted by Gasteiger charge is 2.34. The zero-order chi connectivity index (χ0) is 53.3. The van der Waals surface area contributed by atoms with Crippen LogP contribution in [0.1, 0.15) is 56.2 Å². The molecule has 6 aromatic rings. The molecular weight excluding hydrogens is 967 g/mol. The van der Waals surface area contributed by atoms with Gasteiger partial charge in [-0.25, -0.2) is 0 Å². The number of thioether (sulfide) groups is 1. The standard InChI is InChI=1S/C52H67N13O8S/c1-4-36(61-47(68)29(2)59-49(70)41(19-21-74-3)60-45(66)25-54)48(69)63-43(23-31-27-57-38-16-9-6-13-34(31)38)51(72)65-44(24-32-28-58-39-17-10-7-14-35(32)39)52(73)64-42(50(71)62-40(46(55)67)18-11-20-53)22-30-26-56-37-15-8-5-12-33(30)37/h5-10,12-17,26-29,36,40-44,56-58H,4,11,18-25,53-54H2,1-3H3,(H2,55,67)(H,59,70)(H,60,66)(H,61,68)(H,62,71)(H,63,69)(H,64,73)(H,65,72)/t29-,36-,40-,41-,42+,43-,44+/m0/s1. The van der Waals surface area contributed by atoms with E-state index in [4.69, 9.17) is 17.2 Å². The number of H-pyrrole nitrogens is 3. The van der Waals surface area contributed by atoms with Crippen molar-refractivity contribution < 1.29 is 38.4 Å². The number of aromatic amines is 3. The number of primary amides is 1. The lowest BCUT2D eigenvalue weighted by Gasteiger charge is -2.27. The lowest BCUT2D eigenvalue weighted by atomic mass is 10.00. The van der Waals surface area contributed by atoms with Crippen molar-refractivity contribution in [3.05, 3.63) is 108 Å². The quantitative estimate of drug-likeness (QED) is 0.0328. The minimum atomic E-state index is -1.35. The van der Waals surface area contributed by atoms with Crippen LogP contribution in [0.2, 0.25) is 0 Å². The van der Waals surface area contributed by atoms with Crippen LogP contribution in [-0.2, 0) is 57.6 Å². The average Bonchev–Trinajstić information content (AvgIpc) is 4.13. The summed E-state index contributed by atoms with van der Waals surface area (Å²) in [6.07, 6.45) is 7.81. The van der Waals surface area contributed by atoms with Gasteiger partial charge in [0.25, 0.3) is 0 Å². The molecule has 0 radical (unpaired) electrons. The maximum atomic E-state index is 14.9. The molecule has 0 spiro atoms. The molecule has 16 N–H and O–H groups in total. The van der Waals surface area contributed by atoms with Crippen LogP contribution in [0.25, 0.3) is 32.7 Å². The molecule has 0 unspecified atom stereocenters. The van der Waals surface area contributed by atoms with Crippen LogP contribution in [0.4, 0.5) is 0 Å². The van der Waals surface area contributed by atoms with E-state index in [1.165, 1.54) is 18.7 Å². The number of nitrogens with two attached hydrogens (primary N) is 3. The Morgan fingerprint density at radius 3 is 1.30 bits per heavy atom. The minimum Gasteiger partial charge on any atom is -0.368 e. The van der Waals surface area contributed by atoms with E-state index >= 15 is 0 Å². The summed E-state index contributed by atoms with van der Waals surface area (Å²) in [5.74, 6) is -4.99. The Labute approximate surface area is 432 Å². The van der Waals surface area contributed by atoms with Gasteiger partial charge in [0.15, 0.2) is 0 Å². The van der Waals surface area contributed by atoms with E-state index in [0.29, 0.717) is 28.9 Å². The molecule has 0 aliphatic heterocycles. The van der Waals surface area contributed by atoms with Crippen molar-refractivity contribution >= 4 is 91.7 Å². The first-order valence-electron chi connectivity index (χ1n) is 24.6. The number of amides is 8. The van der Waals surface area contributed by atoms with Crippen LogP contribution in [0, 0.1) is 0 Å². The predicted octanol–water partition coefficient (Wildman–Crippen LogP) is 0.918. The number of benzene rings is 3. The summed E-state index contributed by atoms with van der Waals surface area (Å²) in [4.78, 5) is 119. The zero-order valence-electron chi connectivity index (χ0n) is 41.7. The fraction of sp³-hybridized carbons (Fsp3) is 0.385. The summed E-state index contributed by atoms with van der Waals surface area (Å²) in [7, 11) is 0. The van der Waals surface area contributed by atoms with Crippen LogP contribution in [0.3, 0.4) is 0 Å². The second-order valence-corrected chi connectivity index (χ2v) is 19.1. The normalized spacial score (nSPS) is 14.2. The zero-order valence-corrected chi connectivity index (χ0v) is 42.5. The molecule has 0 saturated carbocycles.